The van der Waals surface area contributed by atoms with Gasteiger partial charge in [0.05, 0.1) is 12.5 Å². The molecule has 0 amide bonds. The second-order valence-corrected chi connectivity index (χ2v) is 3.55. The zero-order chi connectivity index (χ0) is 8.72. The van der Waals surface area contributed by atoms with Gasteiger partial charge in [-0.3, -0.25) is 9.59 Å². The van der Waals surface area contributed by atoms with Gasteiger partial charge in [0.1, 0.15) is 5.78 Å². The van der Waals surface area contributed by atoms with Crippen LogP contribution in [-0.4, -0.2) is 18.4 Å². The second-order valence-electron chi connectivity index (χ2n) is 3.55. The number of Topliss-reactive ketones (excluding diaryl/α,β-unsaturated/α-hetero) is 1. The van der Waals surface area contributed by atoms with Crippen LogP contribution in [-0.2, 0) is 14.3 Å². The van der Waals surface area contributed by atoms with Crippen LogP contribution in [0.1, 0.15) is 19.8 Å². The molecule has 2 aliphatic rings. The Bertz CT molecular complexity index is 220. The molecule has 0 N–H and O–H groups in total. The van der Waals surface area contributed by atoms with E-state index in [1.807, 2.05) is 0 Å². The van der Waals surface area contributed by atoms with E-state index in [0.29, 0.717) is 37.1 Å². The maximum absolute atomic E-state index is 11.2. The molecule has 0 aliphatic heterocycles. The van der Waals surface area contributed by atoms with E-state index in [1.165, 1.54) is 0 Å². The maximum atomic E-state index is 11.2. The average Bonchev–Trinajstić information content (AvgIpc) is 2.51. The Labute approximate surface area is 71.1 Å². The van der Waals surface area contributed by atoms with Crippen molar-refractivity contribution in [3.05, 3.63) is 0 Å². The monoisotopic (exact) mass is 168 g/mol. The van der Waals surface area contributed by atoms with Gasteiger partial charge in [-0.25, -0.2) is 0 Å². The van der Waals surface area contributed by atoms with Crippen molar-refractivity contribution < 1.29 is 14.3 Å². The van der Waals surface area contributed by atoms with Crippen molar-refractivity contribution in [2.45, 2.75) is 19.8 Å². The zero-order valence-electron chi connectivity index (χ0n) is 7.08. The van der Waals surface area contributed by atoms with Gasteiger partial charge in [-0.15, -0.1) is 0 Å². The van der Waals surface area contributed by atoms with Crippen LogP contribution in [0.3, 0.4) is 0 Å². The Kier molecular flexibility index (Phi) is 1.67. The lowest BCUT2D eigenvalue weighted by atomic mass is 10.1. The number of hydrogen-bond donors (Lipinski definition) is 0. The van der Waals surface area contributed by atoms with Crippen molar-refractivity contribution in [2.75, 3.05) is 6.61 Å². The number of carbonyl (C=O) groups is 2. The Morgan fingerprint density at radius 1 is 1.50 bits per heavy atom. The molecule has 3 heteroatoms. The van der Waals surface area contributed by atoms with Gasteiger partial charge >= 0.3 is 5.97 Å². The van der Waals surface area contributed by atoms with Crippen LogP contribution < -0.4 is 0 Å². The number of carbonyl (C=O) groups excluding carboxylic acids is 2. The van der Waals surface area contributed by atoms with E-state index in [2.05, 4.69) is 0 Å². The van der Waals surface area contributed by atoms with Gasteiger partial charge in [0.2, 0.25) is 0 Å². The van der Waals surface area contributed by atoms with E-state index in [0.717, 1.165) is 0 Å². The van der Waals surface area contributed by atoms with Crippen molar-refractivity contribution in [3.8, 4) is 0 Å². The summed E-state index contributed by atoms with van der Waals surface area (Å²) in [6, 6.07) is 0. The molecule has 2 fully saturated rings. The molecule has 3 nitrogen and oxygen atoms in total. The molecule has 0 unspecified atom stereocenters. The molecule has 0 heterocycles. The normalized spacial score (nSPS) is 37.8. The van der Waals surface area contributed by atoms with E-state index < -0.39 is 0 Å². The fourth-order valence-corrected chi connectivity index (χ4v) is 2.20. The van der Waals surface area contributed by atoms with Gasteiger partial charge in [-0.2, -0.15) is 0 Å². The average molecular weight is 168 g/mol. The fraction of sp³-hybridized carbons (Fsp3) is 0.778. The number of hydrogen-bond acceptors (Lipinski definition) is 3. The first kappa shape index (κ1) is 7.77. The van der Waals surface area contributed by atoms with E-state index in [9.17, 15) is 9.59 Å². The fourth-order valence-electron chi connectivity index (χ4n) is 2.20. The highest BCUT2D eigenvalue weighted by molar-refractivity contribution is 5.88. The lowest BCUT2D eigenvalue weighted by Crippen LogP contribution is -2.12. The van der Waals surface area contributed by atoms with Gasteiger partial charge in [0, 0.05) is 12.8 Å². The molecule has 0 aromatic heterocycles. The molecule has 2 saturated carbocycles. The largest absolute Gasteiger partial charge is 0.466 e. The minimum Gasteiger partial charge on any atom is -0.466 e. The van der Waals surface area contributed by atoms with Crippen LogP contribution in [0.25, 0.3) is 0 Å². The summed E-state index contributed by atoms with van der Waals surface area (Å²) >= 11 is 0. The standard InChI is InChI=1S/C9H12O3/c1-2-12-9(11)8-6-3-5(10)4-7(6)8/h6-8H,2-4H2,1H3/t6-,7+,8+. The molecule has 3 atom stereocenters. The van der Waals surface area contributed by atoms with Gasteiger partial charge < -0.3 is 4.74 Å². The quantitative estimate of drug-likeness (QED) is 0.572. The van der Waals surface area contributed by atoms with E-state index in [4.69, 9.17) is 4.74 Å². The molecule has 0 aromatic carbocycles. The third kappa shape index (κ3) is 1.04. The highest BCUT2D eigenvalue weighted by Crippen LogP contribution is 2.56. The third-order valence-electron chi connectivity index (χ3n) is 2.82. The minimum atomic E-state index is -0.0972. The summed E-state index contributed by atoms with van der Waals surface area (Å²) in [6.45, 7) is 2.25. The number of rotatable bonds is 2. The predicted octanol–water partition coefficient (Wildman–Crippen LogP) is 0.775. The molecule has 0 spiro atoms. The first-order chi connectivity index (χ1) is 5.74. The third-order valence-corrected chi connectivity index (χ3v) is 2.82. The van der Waals surface area contributed by atoms with Crippen LogP contribution in [0, 0.1) is 17.8 Å². The molecule has 2 rings (SSSR count). The predicted molar refractivity (Wildman–Crippen MR) is 41.3 cm³/mol. The number of ketones is 1. The molecule has 0 aromatic rings. The molecule has 2 aliphatic carbocycles. The second kappa shape index (κ2) is 2.57. The molecule has 0 bridgehead atoms. The molecule has 0 saturated heterocycles. The van der Waals surface area contributed by atoms with E-state index in [-0.39, 0.29) is 11.9 Å². The van der Waals surface area contributed by atoms with Crippen LogP contribution in [0.4, 0.5) is 0 Å². The zero-order valence-corrected chi connectivity index (χ0v) is 7.08. The van der Waals surface area contributed by atoms with Gasteiger partial charge in [0.15, 0.2) is 0 Å². The Morgan fingerprint density at radius 3 is 2.58 bits per heavy atom. The summed E-state index contributed by atoms with van der Waals surface area (Å²) in [7, 11) is 0. The van der Waals surface area contributed by atoms with Gasteiger partial charge in [-0.1, -0.05) is 0 Å². The van der Waals surface area contributed by atoms with Crippen molar-refractivity contribution in [2.24, 2.45) is 17.8 Å². The topological polar surface area (TPSA) is 43.4 Å². The Hall–Kier alpha value is -0.860. The summed E-state index contributed by atoms with van der Waals surface area (Å²) in [5, 5.41) is 0. The summed E-state index contributed by atoms with van der Waals surface area (Å²) in [5.41, 5.74) is 0. The molecular formula is C9H12O3. The van der Waals surface area contributed by atoms with Crippen LogP contribution in [0.2, 0.25) is 0 Å². The van der Waals surface area contributed by atoms with Crippen LogP contribution in [0.5, 0.6) is 0 Å². The SMILES string of the molecule is CCOC(=O)[C@H]1[C@@H]2CC(=O)C[C@@H]21. The summed E-state index contributed by atoms with van der Waals surface area (Å²) in [4.78, 5) is 22.0. The van der Waals surface area contributed by atoms with Crippen molar-refractivity contribution in [3.63, 3.8) is 0 Å². The van der Waals surface area contributed by atoms with Crippen molar-refractivity contribution in [1.29, 1.82) is 0 Å². The first-order valence-electron chi connectivity index (χ1n) is 4.42. The van der Waals surface area contributed by atoms with Crippen molar-refractivity contribution in [1.82, 2.24) is 0 Å². The lowest BCUT2D eigenvalue weighted by Gasteiger charge is -2.01. The summed E-state index contributed by atoms with van der Waals surface area (Å²) in [5.74, 6) is 0.932. The number of esters is 1. The Morgan fingerprint density at radius 2 is 2.08 bits per heavy atom. The van der Waals surface area contributed by atoms with Crippen LogP contribution in [0.15, 0.2) is 0 Å². The van der Waals surface area contributed by atoms with Crippen molar-refractivity contribution >= 4 is 11.8 Å². The smallest absolute Gasteiger partial charge is 0.309 e. The van der Waals surface area contributed by atoms with Gasteiger partial charge in [-0.05, 0) is 18.8 Å². The van der Waals surface area contributed by atoms with Crippen LogP contribution >= 0.6 is 0 Å². The highest BCUT2D eigenvalue weighted by atomic mass is 16.5. The number of fused-ring (bicyclic) bond motifs is 1. The number of ether oxygens (including phenoxy) is 1. The van der Waals surface area contributed by atoms with E-state index in [1.54, 1.807) is 6.92 Å². The van der Waals surface area contributed by atoms with Gasteiger partial charge in [0.25, 0.3) is 0 Å². The first-order valence-corrected chi connectivity index (χ1v) is 4.42. The summed E-state index contributed by atoms with van der Waals surface area (Å²) < 4.78 is 4.89. The molecule has 12 heavy (non-hydrogen) atoms. The molecule has 66 valence electrons. The molecule has 0 radical (unpaired) electrons. The Balaban J connectivity index is 1.89. The summed E-state index contributed by atoms with van der Waals surface area (Å²) in [6.07, 6.45) is 1.21. The maximum Gasteiger partial charge on any atom is 0.309 e. The molecular weight excluding hydrogens is 156 g/mol. The van der Waals surface area contributed by atoms with E-state index >= 15 is 0 Å². The minimum absolute atomic E-state index is 0.0580. The highest BCUT2D eigenvalue weighted by Gasteiger charge is 2.60. The lowest BCUT2D eigenvalue weighted by molar-refractivity contribution is -0.145.